The lowest BCUT2D eigenvalue weighted by Crippen LogP contribution is -2.13. The van der Waals surface area contributed by atoms with Crippen LogP contribution in [0.4, 0.5) is 5.69 Å². The molecule has 0 aliphatic rings. The summed E-state index contributed by atoms with van der Waals surface area (Å²) in [5.74, 6) is 0.149. The average molecular weight is 264 g/mol. The monoisotopic (exact) mass is 264 g/mol. The minimum absolute atomic E-state index is 0.149. The quantitative estimate of drug-likeness (QED) is 0.628. The van der Waals surface area contributed by atoms with Crippen molar-refractivity contribution in [3.63, 3.8) is 0 Å². The molecule has 1 N–H and O–H groups in total. The Morgan fingerprint density at radius 2 is 2.21 bits per heavy atom. The van der Waals surface area contributed by atoms with E-state index < -0.39 is 10.3 Å². The van der Waals surface area contributed by atoms with E-state index in [1.807, 2.05) is 0 Å². The number of hydrogen-bond acceptors (Lipinski definition) is 5. The minimum Gasteiger partial charge on any atom is -0.487 e. The molecule has 0 aliphatic heterocycles. The molecule has 0 saturated heterocycles. The van der Waals surface area contributed by atoms with Gasteiger partial charge >= 0.3 is 5.69 Å². The molecule has 0 unspecified atom stereocenters. The van der Waals surface area contributed by atoms with Gasteiger partial charge in [-0.15, -0.1) is 0 Å². The second-order valence-electron chi connectivity index (χ2n) is 4.81. The summed E-state index contributed by atoms with van der Waals surface area (Å²) < 4.78 is 5.36. The predicted molar refractivity (Wildman–Crippen MR) is 68.5 cm³/mol. The first-order valence-corrected chi connectivity index (χ1v) is 5.82. The predicted octanol–water partition coefficient (Wildman–Crippen LogP) is 2.41. The van der Waals surface area contributed by atoms with E-state index >= 15 is 0 Å². The van der Waals surface area contributed by atoms with Crippen LogP contribution < -0.4 is 4.74 Å². The zero-order valence-electron chi connectivity index (χ0n) is 10.9. The highest BCUT2D eigenvalue weighted by atomic mass is 16.6. The van der Waals surface area contributed by atoms with E-state index in [2.05, 4.69) is 6.07 Å². The highest BCUT2D eigenvalue weighted by Crippen LogP contribution is 2.29. The third-order valence-electron chi connectivity index (χ3n) is 2.69. The Morgan fingerprint density at radius 1 is 1.53 bits per heavy atom. The number of hydrogen-bond donors (Lipinski definition) is 1. The van der Waals surface area contributed by atoms with Crippen molar-refractivity contribution in [2.75, 3.05) is 6.61 Å². The van der Waals surface area contributed by atoms with Gasteiger partial charge < -0.3 is 9.84 Å². The summed E-state index contributed by atoms with van der Waals surface area (Å²) in [4.78, 5) is 10.3. The van der Waals surface area contributed by atoms with E-state index in [1.54, 1.807) is 19.9 Å². The van der Waals surface area contributed by atoms with Crippen LogP contribution in [0.5, 0.6) is 5.75 Å². The number of nitro groups is 1. The Balaban J connectivity index is 2.79. The van der Waals surface area contributed by atoms with Crippen molar-refractivity contribution in [3.05, 3.63) is 33.9 Å². The second kappa shape index (κ2) is 6.16. The molecule has 0 bridgehead atoms. The first kappa shape index (κ1) is 14.9. The summed E-state index contributed by atoms with van der Waals surface area (Å²) in [5.41, 5.74) is -0.252. The number of nitrogens with zero attached hydrogens (tertiary/aromatic N) is 2. The molecular formula is C13H16N2O4. The zero-order chi connectivity index (χ0) is 14.5. The van der Waals surface area contributed by atoms with Gasteiger partial charge in [0.15, 0.2) is 5.75 Å². The van der Waals surface area contributed by atoms with Crippen LogP contribution >= 0.6 is 0 Å². The second-order valence-corrected chi connectivity index (χ2v) is 4.81. The summed E-state index contributed by atoms with van der Waals surface area (Å²) in [6.45, 7) is 3.52. The molecule has 0 saturated carbocycles. The number of nitriles is 1. The van der Waals surface area contributed by atoms with Gasteiger partial charge in [0.25, 0.3) is 0 Å². The van der Waals surface area contributed by atoms with Crippen LogP contribution in [0.25, 0.3) is 0 Å². The number of nitro benzene ring substituents is 1. The molecule has 1 rings (SSSR count). The number of aliphatic hydroxyl groups is 1. The van der Waals surface area contributed by atoms with Crippen LogP contribution in [0.3, 0.4) is 0 Å². The lowest BCUT2D eigenvalue weighted by molar-refractivity contribution is -0.386. The lowest BCUT2D eigenvalue weighted by atomic mass is 9.92. The largest absolute Gasteiger partial charge is 0.487 e. The van der Waals surface area contributed by atoms with Crippen LogP contribution in [-0.4, -0.2) is 16.6 Å². The molecular weight excluding hydrogens is 248 g/mol. The summed E-state index contributed by atoms with van der Waals surface area (Å²) in [6, 6.07) is 6.45. The molecule has 0 aliphatic carbocycles. The van der Waals surface area contributed by atoms with Crippen molar-refractivity contribution >= 4 is 5.69 Å². The van der Waals surface area contributed by atoms with Crippen LogP contribution in [0, 0.1) is 26.9 Å². The third kappa shape index (κ3) is 4.23. The van der Waals surface area contributed by atoms with Crippen molar-refractivity contribution in [1.82, 2.24) is 0 Å². The van der Waals surface area contributed by atoms with E-state index in [0.29, 0.717) is 12.0 Å². The molecule has 1 aromatic rings. The van der Waals surface area contributed by atoms with Gasteiger partial charge in [0, 0.05) is 6.07 Å². The van der Waals surface area contributed by atoms with Crippen LogP contribution in [0.15, 0.2) is 18.2 Å². The molecule has 6 nitrogen and oxygen atoms in total. The molecule has 102 valence electrons. The highest BCUT2D eigenvalue weighted by Gasteiger charge is 2.19. The Hall–Kier alpha value is -2.13. The Morgan fingerprint density at radius 3 is 2.74 bits per heavy atom. The van der Waals surface area contributed by atoms with E-state index in [1.165, 1.54) is 12.1 Å². The number of aliphatic hydroxyl groups excluding tert-OH is 1. The highest BCUT2D eigenvalue weighted by molar-refractivity contribution is 5.48. The Bertz CT molecular complexity index is 506. The van der Waals surface area contributed by atoms with Gasteiger partial charge in [-0.25, -0.2) is 0 Å². The normalized spacial score (nSPS) is 10.8. The van der Waals surface area contributed by atoms with E-state index in [0.717, 1.165) is 0 Å². The molecule has 1 aromatic carbocycles. The topological polar surface area (TPSA) is 96.4 Å². The number of rotatable bonds is 6. The van der Waals surface area contributed by atoms with E-state index in [4.69, 9.17) is 15.1 Å². The molecule has 0 heterocycles. The molecule has 0 amide bonds. The summed E-state index contributed by atoms with van der Waals surface area (Å²) in [7, 11) is 0. The minimum atomic E-state index is -0.552. The molecule has 0 aromatic heterocycles. The van der Waals surface area contributed by atoms with Gasteiger partial charge in [-0.05, 0) is 31.9 Å². The maximum Gasteiger partial charge on any atom is 0.311 e. The molecule has 0 atom stereocenters. The van der Waals surface area contributed by atoms with Gasteiger partial charge in [-0.1, -0.05) is 6.07 Å². The standard InChI is InChI=1S/C13H16N2O4/c1-13(2,9-14)5-6-19-12-4-3-10(8-16)7-11(12)15(17)18/h3-4,7,16H,5-6,8H2,1-2H3. The lowest BCUT2D eigenvalue weighted by Gasteiger charge is -2.15. The number of benzene rings is 1. The van der Waals surface area contributed by atoms with Crippen molar-refractivity contribution in [1.29, 1.82) is 5.26 Å². The average Bonchev–Trinajstić information content (AvgIpc) is 2.38. The summed E-state index contributed by atoms with van der Waals surface area (Å²) >= 11 is 0. The molecule has 0 radical (unpaired) electrons. The maximum atomic E-state index is 10.9. The molecule has 6 heteroatoms. The van der Waals surface area contributed by atoms with E-state index in [-0.39, 0.29) is 24.7 Å². The Labute approximate surface area is 111 Å². The fourth-order valence-corrected chi connectivity index (χ4v) is 1.40. The fraction of sp³-hybridized carbons (Fsp3) is 0.462. The van der Waals surface area contributed by atoms with Crippen molar-refractivity contribution < 1.29 is 14.8 Å². The first-order chi connectivity index (χ1) is 8.89. The van der Waals surface area contributed by atoms with Crippen molar-refractivity contribution in [2.24, 2.45) is 5.41 Å². The third-order valence-corrected chi connectivity index (χ3v) is 2.69. The molecule has 0 spiro atoms. The smallest absolute Gasteiger partial charge is 0.311 e. The summed E-state index contributed by atoms with van der Waals surface area (Å²) in [6.07, 6.45) is 0.475. The van der Waals surface area contributed by atoms with Gasteiger partial charge in [0.1, 0.15) is 0 Å². The van der Waals surface area contributed by atoms with Crippen molar-refractivity contribution in [2.45, 2.75) is 26.9 Å². The van der Waals surface area contributed by atoms with Gasteiger partial charge in [0.2, 0.25) is 0 Å². The first-order valence-electron chi connectivity index (χ1n) is 5.82. The summed E-state index contributed by atoms with van der Waals surface area (Å²) in [5, 5.41) is 28.7. The fourth-order valence-electron chi connectivity index (χ4n) is 1.40. The molecule has 19 heavy (non-hydrogen) atoms. The van der Waals surface area contributed by atoms with E-state index in [9.17, 15) is 10.1 Å². The maximum absolute atomic E-state index is 10.9. The van der Waals surface area contributed by atoms with Gasteiger partial charge in [-0.2, -0.15) is 5.26 Å². The SMILES string of the molecule is CC(C)(C#N)CCOc1ccc(CO)cc1[N+](=O)[O-]. The van der Waals surface area contributed by atoms with Gasteiger partial charge in [-0.3, -0.25) is 10.1 Å². The van der Waals surface area contributed by atoms with Crippen molar-refractivity contribution in [3.8, 4) is 11.8 Å². The van der Waals surface area contributed by atoms with Crippen LogP contribution in [0.1, 0.15) is 25.8 Å². The zero-order valence-corrected chi connectivity index (χ0v) is 10.9. The van der Waals surface area contributed by atoms with Crippen LogP contribution in [-0.2, 0) is 6.61 Å². The molecule has 0 fully saturated rings. The number of ether oxygens (including phenoxy) is 1. The van der Waals surface area contributed by atoms with Crippen LogP contribution in [0.2, 0.25) is 0 Å². The van der Waals surface area contributed by atoms with Gasteiger partial charge in [0.05, 0.1) is 29.6 Å². The Kier molecular flexibility index (Phi) is 4.84.